The molecule has 0 unspecified atom stereocenters. The van der Waals surface area contributed by atoms with Crippen molar-refractivity contribution in [3.05, 3.63) is 12.4 Å². The molecule has 3 N–H and O–H groups in total. The first-order valence-electron chi connectivity index (χ1n) is 4.78. The van der Waals surface area contributed by atoms with Gasteiger partial charge in [-0.2, -0.15) is 0 Å². The second-order valence-electron chi connectivity index (χ2n) is 3.45. The summed E-state index contributed by atoms with van der Waals surface area (Å²) in [4.78, 5) is 18.3. The quantitative estimate of drug-likeness (QED) is 0.655. The van der Waals surface area contributed by atoms with Crippen LogP contribution < -0.4 is 10.6 Å². The number of carbonyl (C=O) groups is 1. The van der Waals surface area contributed by atoms with Crippen LogP contribution in [0.5, 0.6) is 0 Å². The number of hydrogen-bond donors (Lipinski definition) is 3. The molecule has 6 nitrogen and oxygen atoms in total. The number of anilines is 2. The van der Waals surface area contributed by atoms with E-state index in [0.29, 0.717) is 11.9 Å². The Labute approximate surface area is 86.7 Å². The van der Waals surface area contributed by atoms with Crippen LogP contribution in [0.2, 0.25) is 0 Å². The summed E-state index contributed by atoms with van der Waals surface area (Å²) < 4.78 is 0. The lowest BCUT2D eigenvalue weighted by atomic mass is 10.5. The Morgan fingerprint density at radius 1 is 1.47 bits per heavy atom. The van der Waals surface area contributed by atoms with E-state index in [1.54, 1.807) is 6.07 Å². The normalized spacial score (nSPS) is 14.7. The van der Waals surface area contributed by atoms with Gasteiger partial charge < -0.3 is 15.7 Å². The third kappa shape index (κ3) is 3.08. The van der Waals surface area contributed by atoms with Crippen molar-refractivity contribution in [3.63, 3.8) is 0 Å². The van der Waals surface area contributed by atoms with Crippen LogP contribution in [0.15, 0.2) is 12.4 Å². The second-order valence-corrected chi connectivity index (χ2v) is 3.45. The van der Waals surface area contributed by atoms with Gasteiger partial charge in [-0.15, -0.1) is 0 Å². The minimum atomic E-state index is -0.912. The zero-order valence-electron chi connectivity index (χ0n) is 8.10. The lowest BCUT2D eigenvalue weighted by Crippen LogP contribution is -2.13. The number of rotatable bonds is 5. The first kappa shape index (κ1) is 9.70. The summed E-state index contributed by atoms with van der Waals surface area (Å²) in [6.45, 7) is -0.139. The minimum Gasteiger partial charge on any atom is -0.480 e. The molecule has 0 spiro atoms. The van der Waals surface area contributed by atoms with Gasteiger partial charge in [-0.05, 0) is 12.8 Å². The van der Waals surface area contributed by atoms with Gasteiger partial charge in [0.2, 0.25) is 0 Å². The molecule has 0 atom stereocenters. The van der Waals surface area contributed by atoms with E-state index in [-0.39, 0.29) is 6.54 Å². The van der Waals surface area contributed by atoms with Gasteiger partial charge in [0.15, 0.2) is 0 Å². The van der Waals surface area contributed by atoms with Gasteiger partial charge in [0.1, 0.15) is 24.5 Å². The molecule has 15 heavy (non-hydrogen) atoms. The molecule has 80 valence electrons. The summed E-state index contributed by atoms with van der Waals surface area (Å²) in [5.74, 6) is 0.348. The maximum Gasteiger partial charge on any atom is 0.322 e. The van der Waals surface area contributed by atoms with Crippen molar-refractivity contribution in [3.8, 4) is 0 Å². The third-order valence-corrected chi connectivity index (χ3v) is 2.02. The number of hydrogen-bond acceptors (Lipinski definition) is 5. The van der Waals surface area contributed by atoms with E-state index in [1.165, 1.54) is 19.2 Å². The van der Waals surface area contributed by atoms with E-state index in [0.717, 1.165) is 5.82 Å². The molecule has 1 aromatic rings. The van der Waals surface area contributed by atoms with Crippen molar-refractivity contribution in [2.45, 2.75) is 18.9 Å². The minimum absolute atomic E-state index is 0.139. The van der Waals surface area contributed by atoms with Crippen LogP contribution in [0.3, 0.4) is 0 Å². The Bertz CT molecular complexity index is 365. The summed E-state index contributed by atoms with van der Waals surface area (Å²) in [6.07, 6.45) is 3.75. The van der Waals surface area contributed by atoms with Gasteiger partial charge >= 0.3 is 5.97 Å². The lowest BCUT2D eigenvalue weighted by molar-refractivity contribution is -0.134. The topological polar surface area (TPSA) is 87.1 Å². The number of aromatic nitrogens is 2. The van der Waals surface area contributed by atoms with Crippen molar-refractivity contribution in [2.75, 3.05) is 17.2 Å². The summed E-state index contributed by atoms with van der Waals surface area (Å²) in [5, 5.41) is 14.4. The van der Waals surface area contributed by atoms with E-state index in [4.69, 9.17) is 5.11 Å². The molecule has 0 radical (unpaired) electrons. The fourth-order valence-corrected chi connectivity index (χ4v) is 1.14. The Kier molecular flexibility index (Phi) is 2.66. The highest BCUT2D eigenvalue weighted by Crippen LogP contribution is 2.23. The van der Waals surface area contributed by atoms with Crippen LogP contribution in [0.1, 0.15) is 12.8 Å². The smallest absolute Gasteiger partial charge is 0.322 e. The molecule has 1 aliphatic rings. The fourth-order valence-electron chi connectivity index (χ4n) is 1.14. The summed E-state index contributed by atoms with van der Waals surface area (Å²) in [5.41, 5.74) is 0. The van der Waals surface area contributed by atoms with Gasteiger partial charge in [-0.3, -0.25) is 4.79 Å². The first-order chi connectivity index (χ1) is 7.24. The Morgan fingerprint density at radius 2 is 2.20 bits per heavy atom. The van der Waals surface area contributed by atoms with Crippen LogP contribution in [-0.4, -0.2) is 33.6 Å². The van der Waals surface area contributed by atoms with Crippen molar-refractivity contribution >= 4 is 17.6 Å². The summed E-state index contributed by atoms with van der Waals surface area (Å²) in [6, 6.07) is 2.23. The van der Waals surface area contributed by atoms with E-state index >= 15 is 0 Å². The van der Waals surface area contributed by atoms with Gasteiger partial charge in [-0.25, -0.2) is 9.97 Å². The molecule has 6 heteroatoms. The van der Waals surface area contributed by atoms with Crippen molar-refractivity contribution < 1.29 is 9.90 Å². The molecule has 0 bridgehead atoms. The number of nitrogens with one attached hydrogen (secondary N) is 2. The predicted molar refractivity (Wildman–Crippen MR) is 54.8 cm³/mol. The molecule has 2 rings (SSSR count). The maximum absolute atomic E-state index is 10.3. The second kappa shape index (κ2) is 4.12. The largest absolute Gasteiger partial charge is 0.480 e. The lowest BCUT2D eigenvalue weighted by Gasteiger charge is -2.05. The van der Waals surface area contributed by atoms with Crippen LogP contribution in [0.4, 0.5) is 11.6 Å². The third-order valence-electron chi connectivity index (χ3n) is 2.02. The maximum atomic E-state index is 10.3. The average molecular weight is 208 g/mol. The molecular weight excluding hydrogens is 196 g/mol. The molecular formula is C9H12N4O2. The molecule has 1 fully saturated rings. The predicted octanol–water partition coefficient (Wildman–Crippen LogP) is 0.547. The standard InChI is InChI=1S/C9H12N4O2/c14-9(15)4-10-7-3-8(12-5-11-7)13-6-1-2-6/h3,5-6H,1-2,4H2,(H,14,15)(H2,10,11,12,13). The first-order valence-corrected chi connectivity index (χ1v) is 4.78. The Morgan fingerprint density at radius 3 is 2.87 bits per heavy atom. The van der Waals surface area contributed by atoms with Gasteiger partial charge in [0, 0.05) is 12.1 Å². The van der Waals surface area contributed by atoms with Crippen LogP contribution >= 0.6 is 0 Å². The average Bonchev–Trinajstić information content (AvgIpc) is 2.99. The molecule has 0 saturated heterocycles. The van der Waals surface area contributed by atoms with Crippen molar-refractivity contribution in [1.82, 2.24) is 9.97 Å². The van der Waals surface area contributed by atoms with Crippen LogP contribution in [0, 0.1) is 0 Å². The van der Waals surface area contributed by atoms with Gasteiger partial charge in [-0.1, -0.05) is 0 Å². The zero-order chi connectivity index (χ0) is 10.7. The Balaban J connectivity index is 1.94. The molecule has 1 saturated carbocycles. The van der Waals surface area contributed by atoms with Crippen molar-refractivity contribution in [2.24, 2.45) is 0 Å². The number of carboxylic acids is 1. The highest BCUT2D eigenvalue weighted by atomic mass is 16.4. The highest BCUT2D eigenvalue weighted by molar-refractivity contribution is 5.72. The summed E-state index contributed by atoms with van der Waals surface area (Å²) in [7, 11) is 0. The number of aliphatic carboxylic acids is 1. The van der Waals surface area contributed by atoms with E-state index in [9.17, 15) is 4.79 Å². The van der Waals surface area contributed by atoms with Crippen LogP contribution in [0.25, 0.3) is 0 Å². The number of carboxylic acid groups (broad SMARTS) is 1. The molecule has 1 aliphatic carbocycles. The summed E-state index contributed by atoms with van der Waals surface area (Å²) >= 11 is 0. The molecule has 1 heterocycles. The zero-order valence-corrected chi connectivity index (χ0v) is 8.10. The van der Waals surface area contributed by atoms with E-state index in [2.05, 4.69) is 20.6 Å². The molecule has 0 amide bonds. The van der Waals surface area contributed by atoms with Crippen molar-refractivity contribution in [1.29, 1.82) is 0 Å². The fraction of sp³-hybridized carbons (Fsp3) is 0.444. The van der Waals surface area contributed by atoms with Gasteiger partial charge in [0.05, 0.1) is 0 Å². The Hall–Kier alpha value is -1.85. The SMILES string of the molecule is O=C(O)CNc1cc(NC2CC2)ncn1. The van der Waals surface area contributed by atoms with E-state index in [1.807, 2.05) is 0 Å². The molecule has 0 aromatic carbocycles. The monoisotopic (exact) mass is 208 g/mol. The van der Waals surface area contributed by atoms with Gasteiger partial charge in [0.25, 0.3) is 0 Å². The van der Waals surface area contributed by atoms with Crippen LogP contribution in [-0.2, 0) is 4.79 Å². The number of nitrogens with zero attached hydrogens (tertiary/aromatic N) is 2. The van der Waals surface area contributed by atoms with E-state index < -0.39 is 5.97 Å². The molecule has 1 aromatic heterocycles. The molecule has 0 aliphatic heterocycles. The highest BCUT2D eigenvalue weighted by Gasteiger charge is 2.21.